The summed E-state index contributed by atoms with van der Waals surface area (Å²) in [5.41, 5.74) is 3.01. The van der Waals surface area contributed by atoms with Gasteiger partial charge >= 0.3 is 5.97 Å². The summed E-state index contributed by atoms with van der Waals surface area (Å²) in [6, 6.07) is 0. The van der Waals surface area contributed by atoms with Crippen LogP contribution in [0.25, 0.3) is 0 Å². The minimum absolute atomic E-state index is 0.0417. The van der Waals surface area contributed by atoms with Crippen molar-refractivity contribution in [1.29, 1.82) is 0 Å². The fraction of sp³-hybridized carbons (Fsp3) is 0.421. The number of hydrogen-bond donors (Lipinski definition) is 2. The Morgan fingerprint density at radius 1 is 1.44 bits per heavy atom. The second kappa shape index (κ2) is 7.96. The van der Waals surface area contributed by atoms with Crippen molar-refractivity contribution in [2.45, 2.75) is 25.5 Å². The van der Waals surface area contributed by atoms with Gasteiger partial charge in [-0.2, -0.15) is 0 Å². The Hall–Kier alpha value is -2.63. The number of carboxylic acids is 1. The van der Waals surface area contributed by atoms with Crippen molar-refractivity contribution >= 4 is 5.97 Å². The summed E-state index contributed by atoms with van der Waals surface area (Å²) in [5, 5.41) is 12.4. The van der Waals surface area contributed by atoms with Crippen LogP contribution in [0.3, 0.4) is 0 Å². The average Bonchev–Trinajstić information content (AvgIpc) is 3.28. The summed E-state index contributed by atoms with van der Waals surface area (Å²) in [6.07, 6.45) is 13.6. The molecule has 0 aliphatic carbocycles. The maximum Gasteiger partial charge on any atom is 0.309 e. The van der Waals surface area contributed by atoms with Crippen LogP contribution in [0.15, 0.2) is 60.3 Å². The Morgan fingerprint density at radius 2 is 2.24 bits per heavy atom. The highest BCUT2D eigenvalue weighted by molar-refractivity contribution is 5.70. The van der Waals surface area contributed by atoms with E-state index in [1.807, 2.05) is 24.4 Å². The fourth-order valence-corrected chi connectivity index (χ4v) is 3.33. The van der Waals surface area contributed by atoms with Crippen molar-refractivity contribution in [3.05, 3.63) is 60.3 Å². The fourth-order valence-electron chi connectivity index (χ4n) is 3.33. The molecule has 1 saturated heterocycles. The van der Waals surface area contributed by atoms with E-state index in [9.17, 15) is 9.90 Å². The van der Waals surface area contributed by atoms with Gasteiger partial charge in [-0.25, -0.2) is 0 Å². The normalized spacial score (nSPS) is 23.0. The van der Waals surface area contributed by atoms with Crippen LogP contribution in [0.1, 0.15) is 19.3 Å². The van der Waals surface area contributed by atoms with Gasteiger partial charge in [0, 0.05) is 37.7 Å². The standard InChI is InChI=1S/C19H25N3O3/c1-2-15-13-21(14-18-20-6-10-25-18)9-5-16(15)11-17(12-19(23)24)22-7-3-4-8-22/h2,5-6,9-11,18,20H,1,3-4,7-8,12-14H2,(H,23,24)/b17-11+. The molecule has 6 heteroatoms. The molecule has 3 rings (SSSR count). The molecular formula is C19H25N3O3. The first-order valence-corrected chi connectivity index (χ1v) is 8.67. The lowest BCUT2D eigenvalue weighted by molar-refractivity contribution is -0.136. The molecule has 134 valence electrons. The molecule has 0 aromatic heterocycles. The molecule has 0 aromatic carbocycles. The number of ether oxygens (including phenoxy) is 1. The van der Waals surface area contributed by atoms with Crippen LogP contribution in [0.4, 0.5) is 0 Å². The molecular weight excluding hydrogens is 318 g/mol. The lowest BCUT2D eigenvalue weighted by atomic mass is 10.0. The summed E-state index contributed by atoms with van der Waals surface area (Å²) >= 11 is 0. The summed E-state index contributed by atoms with van der Waals surface area (Å²) in [6.45, 7) is 7.26. The number of carboxylic acid groups (broad SMARTS) is 1. The van der Waals surface area contributed by atoms with Gasteiger partial charge in [-0.15, -0.1) is 0 Å². The molecule has 6 nitrogen and oxygen atoms in total. The Bertz CT molecular complexity index is 634. The molecule has 2 N–H and O–H groups in total. The molecule has 0 aromatic rings. The van der Waals surface area contributed by atoms with E-state index in [1.165, 1.54) is 0 Å². The number of nitrogens with one attached hydrogen (secondary N) is 1. The van der Waals surface area contributed by atoms with Gasteiger partial charge in [0.1, 0.15) is 6.26 Å². The molecule has 0 spiro atoms. The van der Waals surface area contributed by atoms with Gasteiger partial charge in [-0.05, 0) is 36.1 Å². The smallest absolute Gasteiger partial charge is 0.309 e. The number of rotatable bonds is 7. The van der Waals surface area contributed by atoms with Crippen LogP contribution in [0.2, 0.25) is 0 Å². The van der Waals surface area contributed by atoms with Gasteiger partial charge in [0.2, 0.25) is 0 Å². The van der Waals surface area contributed by atoms with Gasteiger partial charge in [-0.1, -0.05) is 12.7 Å². The zero-order valence-electron chi connectivity index (χ0n) is 14.4. The monoisotopic (exact) mass is 343 g/mol. The molecule has 0 saturated carbocycles. The van der Waals surface area contributed by atoms with Gasteiger partial charge in [0.15, 0.2) is 6.23 Å². The van der Waals surface area contributed by atoms with Crippen LogP contribution >= 0.6 is 0 Å². The topological polar surface area (TPSA) is 65.0 Å². The third kappa shape index (κ3) is 4.47. The van der Waals surface area contributed by atoms with Crippen LogP contribution in [-0.2, 0) is 9.53 Å². The van der Waals surface area contributed by atoms with Crippen molar-refractivity contribution < 1.29 is 14.6 Å². The number of hydrogen-bond acceptors (Lipinski definition) is 5. The van der Waals surface area contributed by atoms with E-state index in [1.54, 1.807) is 12.5 Å². The number of aliphatic carboxylic acids is 1. The summed E-state index contributed by atoms with van der Waals surface area (Å²) in [7, 11) is 0. The molecule has 0 amide bonds. The molecule has 25 heavy (non-hydrogen) atoms. The number of likely N-dealkylation sites (tertiary alicyclic amines) is 1. The molecule has 1 fully saturated rings. The molecule has 3 aliphatic heterocycles. The zero-order valence-corrected chi connectivity index (χ0v) is 14.4. The summed E-state index contributed by atoms with van der Waals surface area (Å²) in [5.74, 6) is -0.794. The Labute approximate surface area is 148 Å². The van der Waals surface area contributed by atoms with E-state index >= 15 is 0 Å². The minimum Gasteiger partial charge on any atom is -0.481 e. The largest absolute Gasteiger partial charge is 0.481 e. The second-order valence-electron chi connectivity index (χ2n) is 6.42. The second-order valence-corrected chi connectivity index (χ2v) is 6.42. The molecule has 0 bridgehead atoms. The van der Waals surface area contributed by atoms with E-state index in [4.69, 9.17) is 4.74 Å². The summed E-state index contributed by atoms with van der Waals surface area (Å²) in [4.78, 5) is 15.6. The zero-order chi connectivity index (χ0) is 17.6. The van der Waals surface area contributed by atoms with E-state index in [0.29, 0.717) is 0 Å². The number of allylic oxidation sites excluding steroid dienone is 3. The van der Waals surface area contributed by atoms with Crippen molar-refractivity contribution in [3.63, 3.8) is 0 Å². The molecule has 3 heterocycles. The van der Waals surface area contributed by atoms with E-state index < -0.39 is 5.97 Å². The Morgan fingerprint density at radius 3 is 2.88 bits per heavy atom. The predicted molar refractivity (Wildman–Crippen MR) is 96.2 cm³/mol. The van der Waals surface area contributed by atoms with Crippen molar-refractivity contribution in [3.8, 4) is 0 Å². The third-order valence-electron chi connectivity index (χ3n) is 4.62. The van der Waals surface area contributed by atoms with E-state index in [0.717, 1.165) is 55.9 Å². The highest BCUT2D eigenvalue weighted by Gasteiger charge is 2.20. The van der Waals surface area contributed by atoms with Crippen LogP contribution < -0.4 is 5.32 Å². The maximum absolute atomic E-state index is 11.2. The Kier molecular flexibility index (Phi) is 5.48. The predicted octanol–water partition coefficient (Wildman–Crippen LogP) is 2.17. The average molecular weight is 343 g/mol. The van der Waals surface area contributed by atoms with E-state index in [2.05, 4.69) is 21.7 Å². The molecule has 3 aliphatic rings. The first-order chi connectivity index (χ1) is 12.2. The van der Waals surface area contributed by atoms with Crippen LogP contribution in [-0.4, -0.2) is 53.3 Å². The molecule has 1 unspecified atom stereocenters. The first kappa shape index (κ1) is 17.2. The van der Waals surface area contributed by atoms with E-state index in [-0.39, 0.29) is 12.6 Å². The van der Waals surface area contributed by atoms with Gasteiger partial charge in [0.25, 0.3) is 0 Å². The van der Waals surface area contributed by atoms with Crippen LogP contribution in [0.5, 0.6) is 0 Å². The molecule has 1 atom stereocenters. The summed E-state index contributed by atoms with van der Waals surface area (Å²) < 4.78 is 5.43. The SMILES string of the molecule is C=CC1=C(/C=C(\CC(=O)O)N2CCCC2)C=CN(CC2NC=CO2)C1. The lowest BCUT2D eigenvalue weighted by Crippen LogP contribution is -2.36. The van der Waals surface area contributed by atoms with Crippen molar-refractivity contribution in [1.82, 2.24) is 15.1 Å². The number of nitrogens with zero attached hydrogens (tertiary/aromatic N) is 2. The number of carbonyl (C=O) groups is 1. The first-order valence-electron chi connectivity index (χ1n) is 8.67. The highest BCUT2D eigenvalue weighted by Crippen LogP contribution is 2.24. The van der Waals surface area contributed by atoms with Crippen molar-refractivity contribution in [2.75, 3.05) is 26.2 Å². The lowest BCUT2D eigenvalue weighted by Gasteiger charge is -2.28. The van der Waals surface area contributed by atoms with Crippen molar-refractivity contribution in [2.24, 2.45) is 0 Å². The van der Waals surface area contributed by atoms with Gasteiger partial charge in [-0.3, -0.25) is 4.79 Å². The Balaban J connectivity index is 1.74. The van der Waals surface area contributed by atoms with Gasteiger partial charge < -0.3 is 25.0 Å². The minimum atomic E-state index is -0.794. The highest BCUT2D eigenvalue weighted by atomic mass is 16.5. The van der Waals surface area contributed by atoms with Crippen LogP contribution in [0, 0.1) is 0 Å². The maximum atomic E-state index is 11.2. The quantitative estimate of drug-likeness (QED) is 0.739. The molecule has 0 radical (unpaired) electrons. The third-order valence-corrected chi connectivity index (χ3v) is 4.62. The van der Waals surface area contributed by atoms with Gasteiger partial charge in [0.05, 0.1) is 13.0 Å².